The number of likely N-dealkylation sites (tertiary alicyclic amines) is 1. The topological polar surface area (TPSA) is 36.0 Å². The average Bonchev–Trinajstić information content (AvgIpc) is 2.99. The Hall–Kier alpha value is -0.120. The predicted molar refractivity (Wildman–Crippen MR) is 57.7 cm³/mol. The van der Waals surface area contributed by atoms with Crippen LogP contribution in [0.1, 0.15) is 32.1 Å². The third-order valence-electron chi connectivity index (χ3n) is 4.79. The van der Waals surface area contributed by atoms with E-state index in [9.17, 15) is 5.11 Å². The molecule has 2 heterocycles. The maximum absolute atomic E-state index is 9.24. The molecular formula is C12H21NO2. The van der Waals surface area contributed by atoms with Gasteiger partial charge in [-0.1, -0.05) is 12.8 Å². The number of epoxide rings is 1. The van der Waals surface area contributed by atoms with Crippen molar-refractivity contribution in [3.63, 3.8) is 0 Å². The highest BCUT2D eigenvalue weighted by Gasteiger charge is 2.64. The van der Waals surface area contributed by atoms with Crippen molar-refractivity contribution in [3.8, 4) is 0 Å². The Balaban J connectivity index is 1.81. The van der Waals surface area contributed by atoms with Gasteiger partial charge in [0.05, 0.1) is 6.61 Å². The smallest absolute Gasteiger partial charge is 0.111 e. The molecule has 3 aliphatic rings. The SMILES string of the molecule is CN1CCC2(OC2CO)C2CCCCC21. The van der Waals surface area contributed by atoms with E-state index in [1.54, 1.807) is 0 Å². The van der Waals surface area contributed by atoms with E-state index in [1.165, 1.54) is 25.7 Å². The van der Waals surface area contributed by atoms with Crippen molar-refractivity contribution in [1.82, 2.24) is 4.90 Å². The molecule has 0 bridgehead atoms. The van der Waals surface area contributed by atoms with E-state index in [1.807, 2.05) is 0 Å². The molecule has 0 radical (unpaired) electrons. The molecule has 1 aliphatic carbocycles. The summed E-state index contributed by atoms with van der Waals surface area (Å²) in [6.45, 7) is 1.35. The van der Waals surface area contributed by atoms with Gasteiger partial charge in [-0.3, -0.25) is 0 Å². The summed E-state index contributed by atoms with van der Waals surface area (Å²) in [5.74, 6) is 0.683. The van der Waals surface area contributed by atoms with Crippen LogP contribution >= 0.6 is 0 Å². The van der Waals surface area contributed by atoms with Crippen molar-refractivity contribution in [2.75, 3.05) is 20.2 Å². The third-order valence-corrected chi connectivity index (χ3v) is 4.79. The summed E-state index contributed by atoms with van der Waals surface area (Å²) in [6.07, 6.45) is 6.60. The normalized spacial score (nSPS) is 50.4. The quantitative estimate of drug-likeness (QED) is 0.658. The van der Waals surface area contributed by atoms with Gasteiger partial charge in [0.25, 0.3) is 0 Å². The highest BCUT2D eigenvalue weighted by Crippen LogP contribution is 2.54. The molecule has 0 aromatic carbocycles. The molecule has 2 saturated heterocycles. The predicted octanol–water partition coefficient (Wildman–Crippen LogP) is 1.01. The summed E-state index contributed by atoms with van der Waals surface area (Å²) >= 11 is 0. The molecule has 1 spiro atoms. The Morgan fingerprint density at radius 3 is 2.93 bits per heavy atom. The second-order valence-corrected chi connectivity index (χ2v) is 5.43. The van der Waals surface area contributed by atoms with Gasteiger partial charge in [0.1, 0.15) is 11.7 Å². The molecule has 15 heavy (non-hydrogen) atoms. The fourth-order valence-electron chi connectivity index (χ4n) is 3.88. The molecule has 4 atom stereocenters. The van der Waals surface area contributed by atoms with E-state index in [0.29, 0.717) is 12.0 Å². The van der Waals surface area contributed by atoms with Gasteiger partial charge in [-0.05, 0) is 26.3 Å². The van der Waals surface area contributed by atoms with E-state index in [4.69, 9.17) is 4.74 Å². The second kappa shape index (κ2) is 3.44. The average molecular weight is 211 g/mol. The van der Waals surface area contributed by atoms with Crippen LogP contribution < -0.4 is 0 Å². The second-order valence-electron chi connectivity index (χ2n) is 5.43. The molecule has 2 aliphatic heterocycles. The molecular weight excluding hydrogens is 190 g/mol. The van der Waals surface area contributed by atoms with Crippen LogP contribution in [0.3, 0.4) is 0 Å². The standard InChI is InChI=1S/C12H21NO2/c1-13-7-6-12(11(8-14)15-12)9-4-2-3-5-10(9)13/h9-11,14H,2-8H2,1H3. The van der Waals surface area contributed by atoms with Crippen LogP contribution in [0.4, 0.5) is 0 Å². The maximum Gasteiger partial charge on any atom is 0.111 e. The molecule has 3 heteroatoms. The van der Waals surface area contributed by atoms with Crippen molar-refractivity contribution < 1.29 is 9.84 Å². The van der Waals surface area contributed by atoms with E-state index in [0.717, 1.165) is 13.0 Å². The molecule has 86 valence electrons. The first-order chi connectivity index (χ1) is 7.28. The molecule has 1 saturated carbocycles. The molecule has 0 amide bonds. The lowest BCUT2D eigenvalue weighted by molar-refractivity contribution is 0.0156. The molecule has 0 aromatic rings. The fraction of sp³-hybridized carbons (Fsp3) is 1.00. The van der Waals surface area contributed by atoms with Gasteiger partial charge < -0.3 is 14.7 Å². The van der Waals surface area contributed by atoms with Gasteiger partial charge >= 0.3 is 0 Å². The number of fused-ring (bicyclic) bond motifs is 2. The summed E-state index contributed by atoms with van der Waals surface area (Å²) in [5, 5.41) is 9.24. The van der Waals surface area contributed by atoms with Crippen LogP contribution in [0.5, 0.6) is 0 Å². The number of nitrogens with zero attached hydrogens (tertiary/aromatic N) is 1. The van der Waals surface area contributed by atoms with Gasteiger partial charge in [0, 0.05) is 18.5 Å². The Morgan fingerprint density at radius 1 is 1.40 bits per heavy atom. The Kier molecular flexibility index (Phi) is 2.31. The largest absolute Gasteiger partial charge is 0.394 e. The third kappa shape index (κ3) is 1.37. The minimum Gasteiger partial charge on any atom is -0.394 e. The van der Waals surface area contributed by atoms with Crippen LogP contribution in [0.25, 0.3) is 0 Å². The minimum atomic E-state index is 0.0757. The van der Waals surface area contributed by atoms with Crippen LogP contribution in [0, 0.1) is 5.92 Å². The summed E-state index contributed by atoms with van der Waals surface area (Å²) < 4.78 is 5.84. The Bertz CT molecular complexity index is 258. The van der Waals surface area contributed by atoms with Gasteiger partial charge in [0.15, 0.2) is 0 Å². The molecule has 1 N–H and O–H groups in total. The van der Waals surface area contributed by atoms with Crippen LogP contribution in [0.15, 0.2) is 0 Å². The zero-order valence-corrected chi connectivity index (χ0v) is 9.48. The van der Waals surface area contributed by atoms with E-state index in [2.05, 4.69) is 11.9 Å². The highest BCUT2D eigenvalue weighted by molar-refractivity contribution is 5.13. The lowest BCUT2D eigenvalue weighted by Gasteiger charge is -2.46. The molecule has 3 rings (SSSR count). The summed E-state index contributed by atoms with van der Waals surface area (Å²) in [5.41, 5.74) is 0.0757. The van der Waals surface area contributed by atoms with Gasteiger partial charge in [0.2, 0.25) is 0 Å². The molecule has 3 fully saturated rings. The summed E-state index contributed by atoms with van der Waals surface area (Å²) in [6, 6.07) is 0.712. The zero-order chi connectivity index (χ0) is 10.5. The molecule has 4 unspecified atom stereocenters. The van der Waals surface area contributed by atoms with Crippen molar-refractivity contribution in [2.45, 2.75) is 49.9 Å². The number of hydrogen-bond acceptors (Lipinski definition) is 3. The van der Waals surface area contributed by atoms with E-state index < -0.39 is 0 Å². The number of ether oxygens (including phenoxy) is 1. The van der Waals surface area contributed by atoms with E-state index >= 15 is 0 Å². The first kappa shape index (κ1) is 10.1. The number of piperidine rings is 1. The number of aliphatic hydroxyl groups excluding tert-OH is 1. The minimum absolute atomic E-state index is 0.0757. The first-order valence-electron chi connectivity index (χ1n) is 6.27. The van der Waals surface area contributed by atoms with Gasteiger partial charge in [-0.25, -0.2) is 0 Å². The van der Waals surface area contributed by atoms with E-state index in [-0.39, 0.29) is 18.3 Å². The van der Waals surface area contributed by atoms with Crippen molar-refractivity contribution >= 4 is 0 Å². The first-order valence-corrected chi connectivity index (χ1v) is 6.27. The number of hydrogen-bond donors (Lipinski definition) is 1. The van der Waals surface area contributed by atoms with Gasteiger partial charge in [-0.15, -0.1) is 0 Å². The van der Waals surface area contributed by atoms with Crippen molar-refractivity contribution in [1.29, 1.82) is 0 Å². The highest BCUT2D eigenvalue weighted by atomic mass is 16.6. The van der Waals surface area contributed by atoms with Crippen LogP contribution in [-0.4, -0.2) is 48.0 Å². The molecule has 3 nitrogen and oxygen atoms in total. The fourth-order valence-corrected chi connectivity index (χ4v) is 3.88. The summed E-state index contributed by atoms with van der Waals surface area (Å²) in [4.78, 5) is 2.51. The summed E-state index contributed by atoms with van der Waals surface area (Å²) in [7, 11) is 2.24. The lowest BCUT2D eigenvalue weighted by atomic mass is 9.70. The van der Waals surface area contributed by atoms with Crippen LogP contribution in [0.2, 0.25) is 0 Å². The maximum atomic E-state index is 9.24. The van der Waals surface area contributed by atoms with Crippen molar-refractivity contribution in [3.05, 3.63) is 0 Å². The van der Waals surface area contributed by atoms with Crippen LogP contribution in [-0.2, 0) is 4.74 Å². The molecule has 0 aromatic heterocycles. The number of aliphatic hydroxyl groups is 1. The lowest BCUT2D eigenvalue weighted by Crippen LogP contribution is -2.53. The van der Waals surface area contributed by atoms with Crippen molar-refractivity contribution in [2.24, 2.45) is 5.92 Å². The Labute approximate surface area is 91.4 Å². The number of rotatable bonds is 1. The zero-order valence-electron chi connectivity index (χ0n) is 9.48. The van der Waals surface area contributed by atoms with Gasteiger partial charge in [-0.2, -0.15) is 0 Å². The Morgan fingerprint density at radius 2 is 2.20 bits per heavy atom. The monoisotopic (exact) mass is 211 g/mol.